The van der Waals surface area contributed by atoms with E-state index in [4.69, 9.17) is 34.3 Å². The van der Waals surface area contributed by atoms with Crippen molar-refractivity contribution in [2.75, 3.05) is 49.8 Å². The molecule has 0 aliphatic carbocycles. The van der Waals surface area contributed by atoms with Crippen molar-refractivity contribution in [1.29, 1.82) is 0 Å². The van der Waals surface area contributed by atoms with E-state index in [9.17, 15) is 8.78 Å². The molecule has 5 heterocycles. The van der Waals surface area contributed by atoms with Crippen molar-refractivity contribution >= 4 is 36.7 Å². The van der Waals surface area contributed by atoms with E-state index < -0.39 is 14.6 Å². The number of ether oxygens (including phenoxy) is 3. The smallest absolute Gasteiger partial charge is 0.333 e. The van der Waals surface area contributed by atoms with Gasteiger partial charge in [0.2, 0.25) is 11.9 Å². The standard InChI is InChI=1S/C35H42F2N10O3Si/c1-48-27-11-9-25(10-12-27)21-44(23-31-40-29-7-5-6-8-30(29)45(31)24-50-17-18-51(2,3)4)35-42-34(43-13-15-49-16-14-43)41-32-28(20-39-47(32)35)26-19-38-46(22-26)33(36)37/h5-12,19-20,22,33H,13-18,21,23-24H2,1-4H3. The van der Waals surface area contributed by atoms with Gasteiger partial charge in [0.15, 0.2) is 5.65 Å². The number of hydrogen-bond donors (Lipinski definition) is 0. The SMILES string of the molecule is COc1ccc(CN(Cc2nc3ccccc3n2COCC[Si](C)(C)C)c2nc(N3CCOCC3)nc3c(-c4cnn(C(F)F)c4)cnn23)cc1. The summed E-state index contributed by atoms with van der Waals surface area (Å²) in [5, 5.41) is 8.60. The van der Waals surface area contributed by atoms with Gasteiger partial charge in [-0.25, -0.2) is 9.67 Å². The van der Waals surface area contributed by atoms with Gasteiger partial charge < -0.3 is 28.6 Å². The molecule has 1 fully saturated rings. The van der Waals surface area contributed by atoms with Crippen LogP contribution in [0.5, 0.6) is 5.75 Å². The van der Waals surface area contributed by atoms with Crippen LogP contribution in [0.4, 0.5) is 20.7 Å². The van der Waals surface area contributed by atoms with E-state index in [1.807, 2.05) is 42.5 Å². The first-order valence-electron chi connectivity index (χ1n) is 17.0. The molecule has 0 amide bonds. The summed E-state index contributed by atoms with van der Waals surface area (Å²) in [6, 6.07) is 17.0. The number of nitrogens with zero attached hydrogens (tertiary/aromatic N) is 10. The third-order valence-electron chi connectivity index (χ3n) is 8.84. The number of methoxy groups -OCH3 is 1. The third kappa shape index (κ3) is 7.72. The summed E-state index contributed by atoms with van der Waals surface area (Å²) in [7, 11) is 0.356. The van der Waals surface area contributed by atoms with Gasteiger partial charge in [-0.1, -0.05) is 43.9 Å². The number of morpholine rings is 1. The Hall–Kier alpha value is -4.93. The number of rotatable bonds is 14. The molecular weight excluding hydrogens is 675 g/mol. The Morgan fingerprint density at radius 3 is 2.45 bits per heavy atom. The fourth-order valence-corrected chi connectivity index (χ4v) is 6.75. The lowest BCUT2D eigenvalue weighted by Gasteiger charge is -2.29. The number of fused-ring (bicyclic) bond motifs is 2. The van der Waals surface area contributed by atoms with Crippen molar-refractivity contribution in [2.24, 2.45) is 0 Å². The number of alkyl halides is 2. The van der Waals surface area contributed by atoms with Crippen molar-refractivity contribution in [1.82, 2.24) is 38.9 Å². The van der Waals surface area contributed by atoms with Crippen molar-refractivity contribution in [3.05, 3.63) is 78.5 Å². The van der Waals surface area contributed by atoms with Gasteiger partial charge in [-0.2, -0.15) is 33.5 Å². The van der Waals surface area contributed by atoms with Crippen LogP contribution in [0.3, 0.4) is 0 Å². The Bertz CT molecular complexity index is 2090. The van der Waals surface area contributed by atoms with Crippen molar-refractivity contribution < 1.29 is 23.0 Å². The average molecular weight is 717 g/mol. The van der Waals surface area contributed by atoms with Crippen LogP contribution in [-0.4, -0.2) is 87.0 Å². The maximum atomic E-state index is 13.5. The molecule has 0 saturated carbocycles. The van der Waals surface area contributed by atoms with Crippen LogP contribution in [0.1, 0.15) is 17.9 Å². The molecule has 1 aliphatic rings. The Morgan fingerprint density at radius 1 is 0.941 bits per heavy atom. The Kier molecular flexibility index (Phi) is 9.97. The number of halogens is 2. The zero-order chi connectivity index (χ0) is 35.5. The summed E-state index contributed by atoms with van der Waals surface area (Å²) < 4.78 is 48.8. The molecule has 6 aromatic rings. The quantitative estimate of drug-likeness (QED) is 0.0969. The fourth-order valence-electron chi connectivity index (χ4n) is 5.99. The van der Waals surface area contributed by atoms with Gasteiger partial charge in [-0.15, -0.1) is 0 Å². The second-order valence-corrected chi connectivity index (χ2v) is 19.3. The molecule has 0 radical (unpaired) electrons. The van der Waals surface area contributed by atoms with Crippen LogP contribution < -0.4 is 14.5 Å². The molecule has 1 saturated heterocycles. The summed E-state index contributed by atoms with van der Waals surface area (Å²) >= 11 is 0. The Balaban J connectivity index is 1.34. The second kappa shape index (κ2) is 14.7. The minimum Gasteiger partial charge on any atom is -0.497 e. The minimum atomic E-state index is -2.77. The predicted octanol–water partition coefficient (Wildman–Crippen LogP) is 6.10. The van der Waals surface area contributed by atoms with Crippen molar-refractivity contribution in [3.8, 4) is 16.9 Å². The van der Waals surface area contributed by atoms with Gasteiger partial charge in [0.25, 0.3) is 0 Å². The van der Waals surface area contributed by atoms with Crippen molar-refractivity contribution in [3.63, 3.8) is 0 Å². The van der Waals surface area contributed by atoms with E-state index in [1.54, 1.807) is 17.8 Å². The molecule has 13 nitrogen and oxygen atoms in total. The second-order valence-electron chi connectivity index (χ2n) is 13.7. The van der Waals surface area contributed by atoms with E-state index >= 15 is 0 Å². The number of anilines is 2. The zero-order valence-corrected chi connectivity index (χ0v) is 30.2. The highest BCUT2D eigenvalue weighted by Crippen LogP contribution is 2.30. The van der Waals surface area contributed by atoms with E-state index in [0.717, 1.165) is 34.2 Å². The molecule has 268 valence electrons. The van der Waals surface area contributed by atoms with Crippen LogP contribution in [0.2, 0.25) is 25.7 Å². The number of imidazole rings is 1. The molecule has 1 aliphatic heterocycles. The molecule has 0 spiro atoms. The first-order valence-corrected chi connectivity index (χ1v) is 20.7. The minimum absolute atomic E-state index is 0.352. The maximum Gasteiger partial charge on any atom is 0.333 e. The third-order valence-corrected chi connectivity index (χ3v) is 10.5. The lowest BCUT2D eigenvalue weighted by Crippen LogP contribution is -2.38. The highest BCUT2D eigenvalue weighted by Gasteiger charge is 2.26. The molecule has 0 unspecified atom stereocenters. The molecule has 51 heavy (non-hydrogen) atoms. The molecule has 0 atom stereocenters. The number of para-hydroxylation sites is 2. The fraction of sp³-hybridized carbons (Fsp3) is 0.400. The van der Waals surface area contributed by atoms with Gasteiger partial charge in [0, 0.05) is 51.6 Å². The molecule has 0 N–H and O–H groups in total. The lowest BCUT2D eigenvalue weighted by atomic mass is 10.2. The molecule has 0 bridgehead atoms. The Morgan fingerprint density at radius 2 is 1.73 bits per heavy atom. The van der Waals surface area contributed by atoms with E-state index in [-0.39, 0.29) is 0 Å². The number of hydrogen-bond acceptors (Lipinski definition) is 10. The van der Waals surface area contributed by atoms with Crippen LogP contribution in [0.15, 0.2) is 67.1 Å². The summed E-state index contributed by atoms with van der Waals surface area (Å²) in [6.07, 6.45) is 4.33. The van der Waals surface area contributed by atoms with E-state index in [0.29, 0.717) is 86.1 Å². The summed E-state index contributed by atoms with van der Waals surface area (Å²) in [4.78, 5) is 19.3. The molecular formula is C35H42F2N10O3Si. The van der Waals surface area contributed by atoms with Gasteiger partial charge in [-0.3, -0.25) is 0 Å². The normalized spacial score (nSPS) is 13.9. The maximum absolute atomic E-state index is 13.5. The zero-order valence-electron chi connectivity index (χ0n) is 29.2. The van der Waals surface area contributed by atoms with Gasteiger partial charge in [-0.05, 0) is 35.9 Å². The highest BCUT2D eigenvalue weighted by molar-refractivity contribution is 6.76. The average Bonchev–Trinajstić information content (AvgIpc) is 3.87. The van der Waals surface area contributed by atoms with Gasteiger partial charge in [0.05, 0.1) is 50.3 Å². The van der Waals surface area contributed by atoms with Crippen molar-refractivity contribution in [2.45, 2.75) is 52.1 Å². The number of benzene rings is 2. The lowest BCUT2D eigenvalue weighted by molar-refractivity contribution is 0.0566. The largest absolute Gasteiger partial charge is 0.497 e. The topological polar surface area (TPSA) is 113 Å². The van der Waals surface area contributed by atoms with Gasteiger partial charge >= 0.3 is 6.55 Å². The van der Waals surface area contributed by atoms with Crippen LogP contribution >= 0.6 is 0 Å². The van der Waals surface area contributed by atoms with E-state index in [2.05, 4.69) is 45.2 Å². The molecule has 7 rings (SSSR count). The summed E-state index contributed by atoms with van der Waals surface area (Å²) in [5.41, 5.74) is 4.36. The highest BCUT2D eigenvalue weighted by atomic mass is 28.3. The van der Waals surface area contributed by atoms with Crippen LogP contribution in [0.25, 0.3) is 27.8 Å². The summed E-state index contributed by atoms with van der Waals surface area (Å²) in [6.45, 7) is 8.34. The molecule has 16 heteroatoms. The first kappa shape index (κ1) is 34.5. The first-order chi connectivity index (χ1) is 24.7. The molecule has 2 aromatic carbocycles. The monoisotopic (exact) mass is 716 g/mol. The summed E-state index contributed by atoms with van der Waals surface area (Å²) in [5.74, 6) is 2.56. The van der Waals surface area contributed by atoms with Crippen LogP contribution in [0, 0.1) is 0 Å². The van der Waals surface area contributed by atoms with E-state index in [1.165, 1.54) is 12.4 Å². The van der Waals surface area contributed by atoms with Gasteiger partial charge in [0.1, 0.15) is 18.3 Å². The Labute approximate surface area is 295 Å². The predicted molar refractivity (Wildman–Crippen MR) is 193 cm³/mol. The van der Waals surface area contributed by atoms with Crippen LogP contribution in [-0.2, 0) is 29.3 Å². The number of aromatic nitrogens is 8. The molecule has 4 aromatic heterocycles.